The zero-order valence-corrected chi connectivity index (χ0v) is 23.2. The Morgan fingerprint density at radius 1 is 1.05 bits per heavy atom. The minimum Gasteiger partial charge on any atom is -0.357 e. The molecule has 0 bridgehead atoms. The lowest BCUT2D eigenvalue weighted by molar-refractivity contribution is -0.135. The third-order valence-corrected chi connectivity index (χ3v) is 8.13. The number of likely N-dealkylation sites (N-methyl/N-ethyl adjacent to an activating group) is 1. The van der Waals surface area contributed by atoms with Crippen molar-refractivity contribution in [3.05, 3.63) is 88.6 Å². The molecule has 2 saturated heterocycles. The lowest BCUT2D eigenvalue weighted by Crippen LogP contribution is -2.45. The van der Waals surface area contributed by atoms with E-state index in [1.165, 1.54) is 4.90 Å². The van der Waals surface area contributed by atoms with Gasteiger partial charge in [0.2, 0.25) is 5.91 Å². The number of halogens is 3. The average Bonchev–Trinajstić information content (AvgIpc) is 3.42. The van der Waals surface area contributed by atoms with Crippen molar-refractivity contribution in [1.29, 1.82) is 5.26 Å². The molecule has 1 N–H and O–H groups in total. The molecule has 2 aliphatic heterocycles. The van der Waals surface area contributed by atoms with Gasteiger partial charge in [-0.05, 0) is 54.8 Å². The number of anilines is 2. The molecular formula is C30H29ClF2N6O2. The molecule has 3 amide bonds. The van der Waals surface area contributed by atoms with Gasteiger partial charge in [0.1, 0.15) is 23.5 Å². The molecule has 41 heavy (non-hydrogen) atoms. The maximum Gasteiger partial charge on any atom is 0.321 e. The van der Waals surface area contributed by atoms with Gasteiger partial charge < -0.3 is 20.0 Å². The Bertz CT molecular complexity index is 1440. The average molecular weight is 579 g/mol. The van der Waals surface area contributed by atoms with Crippen LogP contribution in [0, 0.1) is 28.9 Å². The zero-order chi connectivity index (χ0) is 29.1. The van der Waals surface area contributed by atoms with Crippen LogP contribution in [-0.4, -0.2) is 66.0 Å². The van der Waals surface area contributed by atoms with Crippen LogP contribution in [0.1, 0.15) is 29.9 Å². The lowest BCUT2D eigenvalue weighted by atomic mass is 9.93. The topological polar surface area (TPSA) is 92.6 Å². The van der Waals surface area contributed by atoms with Crippen LogP contribution in [0.4, 0.5) is 25.1 Å². The molecule has 2 atom stereocenters. The number of nitriles is 1. The Labute approximate surface area is 242 Å². The standard InChI is InChI=1S/C30H29ClF2N6O2/c1-37(30(41)36-25-13-23(32)12-24(33)14-25)27-18-39(17-26(27)20-3-5-22(31)6-4-20)29(40)21-8-10-38(11-9-21)28-7-2-19(15-34)16-35-28/h2-7,12-14,16,21,26-27H,8-11,17-18H2,1H3,(H,36,41)/t26-,27+/m0/s1. The van der Waals surface area contributed by atoms with Gasteiger partial charge in [0.25, 0.3) is 0 Å². The van der Waals surface area contributed by atoms with E-state index in [0.717, 1.165) is 29.6 Å². The van der Waals surface area contributed by atoms with Crippen molar-refractivity contribution in [2.24, 2.45) is 5.92 Å². The van der Waals surface area contributed by atoms with E-state index in [1.54, 1.807) is 31.4 Å². The number of pyridine rings is 1. The fraction of sp³-hybridized carbons (Fsp3) is 0.333. The van der Waals surface area contributed by atoms with E-state index in [0.29, 0.717) is 49.6 Å². The van der Waals surface area contributed by atoms with E-state index in [4.69, 9.17) is 16.9 Å². The molecule has 11 heteroatoms. The second kappa shape index (κ2) is 12.1. The summed E-state index contributed by atoms with van der Waals surface area (Å²) in [7, 11) is 1.62. The van der Waals surface area contributed by atoms with Gasteiger partial charge in [0.15, 0.2) is 0 Å². The fourth-order valence-corrected chi connectivity index (χ4v) is 5.76. The number of nitrogens with zero attached hydrogens (tertiary/aromatic N) is 5. The summed E-state index contributed by atoms with van der Waals surface area (Å²) in [6.07, 6.45) is 2.87. The van der Waals surface area contributed by atoms with E-state index >= 15 is 0 Å². The molecule has 3 heterocycles. The SMILES string of the molecule is CN(C(=O)Nc1cc(F)cc(F)c1)[C@@H]1CN(C(=O)C2CCN(c3ccc(C#N)cn3)CC2)C[C@H]1c1ccc(Cl)cc1. The smallest absolute Gasteiger partial charge is 0.321 e. The lowest BCUT2D eigenvalue weighted by Gasteiger charge is -2.34. The number of carbonyl (C=O) groups excluding carboxylic acids is 2. The number of amides is 3. The molecule has 0 unspecified atom stereocenters. The predicted octanol–water partition coefficient (Wildman–Crippen LogP) is 5.26. The Kier molecular flexibility index (Phi) is 8.36. The second-order valence-corrected chi connectivity index (χ2v) is 10.9. The van der Waals surface area contributed by atoms with Gasteiger partial charge in [-0.1, -0.05) is 23.7 Å². The quantitative estimate of drug-likeness (QED) is 0.446. The molecule has 5 rings (SSSR count). The summed E-state index contributed by atoms with van der Waals surface area (Å²) in [5.41, 5.74) is 1.45. The minimum atomic E-state index is -0.791. The molecule has 3 aromatic rings. The molecule has 1 aromatic heterocycles. The molecule has 2 aromatic carbocycles. The molecule has 212 valence electrons. The summed E-state index contributed by atoms with van der Waals surface area (Å²) in [4.78, 5) is 36.6. The highest BCUT2D eigenvalue weighted by Gasteiger charge is 2.42. The summed E-state index contributed by atoms with van der Waals surface area (Å²) < 4.78 is 27.4. The highest BCUT2D eigenvalue weighted by Crippen LogP contribution is 2.34. The van der Waals surface area contributed by atoms with Gasteiger partial charge in [-0.15, -0.1) is 0 Å². The second-order valence-electron chi connectivity index (χ2n) is 10.4. The van der Waals surface area contributed by atoms with Gasteiger partial charge in [0.05, 0.1) is 11.6 Å². The van der Waals surface area contributed by atoms with Crippen LogP contribution < -0.4 is 10.2 Å². The van der Waals surface area contributed by atoms with Crippen LogP contribution in [0.15, 0.2) is 60.8 Å². The summed E-state index contributed by atoms with van der Waals surface area (Å²) in [6.45, 7) is 2.08. The largest absolute Gasteiger partial charge is 0.357 e. The first-order valence-electron chi connectivity index (χ1n) is 13.4. The molecule has 8 nitrogen and oxygen atoms in total. The molecule has 0 radical (unpaired) electrons. The molecular weight excluding hydrogens is 550 g/mol. The maximum absolute atomic E-state index is 13.7. The first-order chi connectivity index (χ1) is 19.7. The monoisotopic (exact) mass is 578 g/mol. The fourth-order valence-electron chi connectivity index (χ4n) is 5.64. The summed E-state index contributed by atoms with van der Waals surface area (Å²) in [5.74, 6) is -1.10. The van der Waals surface area contributed by atoms with Crippen LogP contribution in [0.5, 0.6) is 0 Å². The third-order valence-electron chi connectivity index (χ3n) is 7.88. The van der Waals surface area contributed by atoms with E-state index < -0.39 is 17.7 Å². The summed E-state index contributed by atoms with van der Waals surface area (Å²) in [5, 5.41) is 12.2. The van der Waals surface area contributed by atoms with Gasteiger partial charge in [-0.3, -0.25) is 4.79 Å². The zero-order valence-electron chi connectivity index (χ0n) is 22.4. The number of piperidine rings is 1. The van der Waals surface area contributed by atoms with Crippen molar-refractivity contribution >= 4 is 35.0 Å². The predicted molar refractivity (Wildman–Crippen MR) is 152 cm³/mol. The number of hydrogen-bond donors (Lipinski definition) is 1. The van der Waals surface area contributed by atoms with Crippen LogP contribution in [0.2, 0.25) is 5.02 Å². The number of rotatable bonds is 5. The van der Waals surface area contributed by atoms with Crippen molar-refractivity contribution < 1.29 is 18.4 Å². The van der Waals surface area contributed by atoms with Gasteiger partial charge in [-0.25, -0.2) is 18.6 Å². The number of nitrogens with one attached hydrogen (secondary N) is 1. The molecule has 2 aliphatic rings. The van der Waals surface area contributed by atoms with Crippen molar-refractivity contribution in [2.75, 3.05) is 43.4 Å². The van der Waals surface area contributed by atoms with Crippen LogP contribution >= 0.6 is 11.6 Å². The van der Waals surface area contributed by atoms with E-state index in [1.807, 2.05) is 23.1 Å². The number of hydrogen-bond acceptors (Lipinski definition) is 5. The van der Waals surface area contributed by atoms with Gasteiger partial charge >= 0.3 is 6.03 Å². The summed E-state index contributed by atoms with van der Waals surface area (Å²) >= 11 is 6.11. The molecule has 2 fully saturated rings. The number of benzene rings is 2. The highest BCUT2D eigenvalue weighted by molar-refractivity contribution is 6.30. The van der Waals surface area contributed by atoms with Crippen LogP contribution in [-0.2, 0) is 4.79 Å². The normalized spacial score (nSPS) is 19.1. The maximum atomic E-state index is 13.7. The summed E-state index contributed by atoms with van der Waals surface area (Å²) in [6, 6.07) is 14.9. The van der Waals surface area contributed by atoms with E-state index in [9.17, 15) is 18.4 Å². The Hall–Kier alpha value is -4.23. The van der Waals surface area contributed by atoms with Gasteiger partial charge in [0, 0.05) is 68.0 Å². The van der Waals surface area contributed by atoms with E-state index in [2.05, 4.69) is 21.3 Å². The molecule has 0 saturated carbocycles. The first kappa shape index (κ1) is 28.3. The van der Waals surface area contributed by atoms with Crippen molar-refractivity contribution in [3.8, 4) is 6.07 Å². The molecule has 0 aliphatic carbocycles. The van der Waals surface area contributed by atoms with Crippen molar-refractivity contribution in [1.82, 2.24) is 14.8 Å². The Morgan fingerprint density at radius 2 is 1.73 bits per heavy atom. The highest BCUT2D eigenvalue weighted by atomic mass is 35.5. The Morgan fingerprint density at radius 3 is 2.34 bits per heavy atom. The number of aromatic nitrogens is 1. The third kappa shape index (κ3) is 6.41. The van der Waals surface area contributed by atoms with E-state index in [-0.39, 0.29) is 29.5 Å². The van der Waals surface area contributed by atoms with Gasteiger partial charge in [-0.2, -0.15) is 5.26 Å². The molecule has 0 spiro atoms. The minimum absolute atomic E-state index is 0.0110. The Balaban J connectivity index is 1.28. The van der Waals surface area contributed by atoms with Crippen LogP contribution in [0.25, 0.3) is 0 Å². The first-order valence-corrected chi connectivity index (χ1v) is 13.7. The van der Waals surface area contributed by atoms with Crippen LogP contribution in [0.3, 0.4) is 0 Å². The number of likely N-dealkylation sites (tertiary alicyclic amines) is 1. The van der Waals surface area contributed by atoms with Crippen molar-refractivity contribution in [2.45, 2.75) is 24.8 Å². The number of urea groups is 1. The number of carbonyl (C=O) groups is 2. The van der Waals surface area contributed by atoms with Crippen molar-refractivity contribution in [3.63, 3.8) is 0 Å².